The van der Waals surface area contributed by atoms with Gasteiger partial charge in [-0.3, -0.25) is 9.59 Å². The fourth-order valence-electron chi connectivity index (χ4n) is 2.90. The molecule has 0 radical (unpaired) electrons. The standard InChI is InChI=1S/C20H14F3N3O2/c21-13-4-6-15(7-5-13)26-9-8-17(27)18(25-26)19(28)24-14-3-1-2-12(10-14)16-11-20(16,22)23/h1-10,16H,11H2,(H,24,28). The van der Waals surface area contributed by atoms with E-state index in [1.807, 2.05) is 0 Å². The van der Waals surface area contributed by atoms with Crippen molar-refractivity contribution in [1.29, 1.82) is 0 Å². The Morgan fingerprint density at radius 2 is 1.86 bits per heavy atom. The summed E-state index contributed by atoms with van der Waals surface area (Å²) in [6.45, 7) is 0. The van der Waals surface area contributed by atoms with Crippen LogP contribution in [0, 0.1) is 5.82 Å². The fraction of sp³-hybridized carbons (Fsp3) is 0.150. The average molecular weight is 385 g/mol. The zero-order chi connectivity index (χ0) is 19.9. The summed E-state index contributed by atoms with van der Waals surface area (Å²) in [4.78, 5) is 24.6. The minimum absolute atomic E-state index is 0.215. The van der Waals surface area contributed by atoms with Crippen LogP contribution in [-0.4, -0.2) is 21.6 Å². The number of halogens is 3. The first-order valence-electron chi connectivity index (χ1n) is 8.48. The van der Waals surface area contributed by atoms with E-state index in [1.165, 1.54) is 47.3 Å². The number of carbonyl (C=O) groups excluding carboxylic acids is 1. The van der Waals surface area contributed by atoms with Gasteiger partial charge in [0.15, 0.2) is 5.69 Å². The number of hydrogen-bond donors (Lipinski definition) is 1. The molecule has 1 aromatic heterocycles. The molecule has 1 amide bonds. The third kappa shape index (κ3) is 3.53. The highest BCUT2D eigenvalue weighted by molar-refractivity contribution is 6.02. The van der Waals surface area contributed by atoms with Gasteiger partial charge in [0.05, 0.1) is 11.6 Å². The van der Waals surface area contributed by atoms with E-state index in [0.717, 1.165) is 0 Å². The van der Waals surface area contributed by atoms with Gasteiger partial charge < -0.3 is 5.32 Å². The number of hydrogen-bond acceptors (Lipinski definition) is 3. The Morgan fingerprint density at radius 3 is 2.54 bits per heavy atom. The number of aromatic nitrogens is 2. The van der Waals surface area contributed by atoms with Crippen molar-refractivity contribution in [3.63, 3.8) is 0 Å². The lowest BCUT2D eigenvalue weighted by Crippen LogP contribution is -2.25. The van der Waals surface area contributed by atoms with Crippen LogP contribution in [0.2, 0.25) is 0 Å². The summed E-state index contributed by atoms with van der Waals surface area (Å²) in [6, 6.07) is 12.7. The van der Waals surface area contributed by atoms with Crippen LogP contribution in [0.4, 0.5) is 18.9 Å². The van der Waals surface area contributed by atoms with Gasteiger partial charge in [0, 0.05) is 24.4 Å². The molecule has 142 valence electrons. The van der Waals surface area contributed by atoms with Crippen molar-refractivity contribution in [3.05, 3.63) is 88.1 Å². The number of alkyl halides is 2. The summed E-state index contributed by atoms with van der Waals surface area (Å²) in [7, 11) is 0. The van der Waals surface area contributed by atoms with Crippen LogP contribution in [-0.2, 0) is 0 Å². The number of anilines is 1. The van der Waals surface area contributed by atoms with Crippen molar-refractivity contribution in [2.45, 2.75) is 18.3 Å². The van der Waals surface area contributed by atoms with E-state index in [1.54, 1.807) is 18.2 Å². The Balaban J connectivity index is 1.58. The maximum Gasteiger partial charge on any atom is 0.280 e. The number of rotatable bonds is 4. The van der Waals surface area contributed by atoms with Gasteiger partial charge in [-0.15, -0.1) is 0 Å². The molecule has 4 rings (SSSR count). The first-order valence-corrected chi connectivity index (χ1v) is 8.48. The Hall–Kier alpha value is -3.42. The first kappa shape index (κ1) is 18.0. The second-order valence-electron chi connectivity index (χ2n) is 6.55. The molecular formula is C20H14F3N3O2. The topological polar surface area (TPSA) is 64.0 Å². The highest BCUT2D eigenvalue weighted by atomic mass is 19.3. The molecule has 0 saturated heterocycles. The van der Waals surface area contributed by atoms with E-state index < -0.39 is 29.0 Å². The lowest BCUT2D eigenvalue weighted by atomic mass is 10.1. The minimum Gasteiger partial charge on any atom is -0.320 e. The van der Waals surface area contributed by atoms with Crippen LogP contribution in [0.1, 0.15) is 28.4 Å². The lowest BCUT2D eigenvalue weighted by Gasteiger charge is -2.09. The predicted molar refractivity (Wildman–Crippen MR) is 96.5 cm³/mol. The zero-order valence-corrected chi connectivity index (χ0v) is 14.4. The van der Waals surface area contributed by atoms with Crippen LogP contribution in [0.3, 0.4) is 0 Å². The first-order chi connectivity index (χ1) is 13.3. The van der Waals surface area contributed by atoms with Crippen LogP contribution in [0.5, 0.6) is 0 Å². The average Bonchev–Trinajstić information content (AvgIpc) is 3.31. The predicted octanol–water partition coefficient (Wildman–Crippen LogP) is 3.75. The molecule has 1 aliphatic rings. The zero-order valence-electron chi connectivity index (χ0n) is 14.4. The number of nitrogens with zero attached hydrogens (tertiary/aromatic N) is 2. The van der Waals surface area contributed by atoms with E-state index in [9.17, 15) is 22.8 Å². The summed E-state index contributed by atoms with van der Waals surface area (Å²) in [5, 5.41) is 6.53. The largest absolute Gasteiger partial charge is 0.320 e. The van der Waals surface area contributed by atoms with Crippen molar-refractivity contribution >= 4 is 11.6 Å². The summed E-state index contributed by atoms with van der Waals surface area (Å²) in [5.41, 5.74) is 0.222. The van der Waals surface area contributed by atoms with Crippen LogP contribution >= 0.6 is 0 Å². The van der Waals surface area contributed by atoms with Crippen LogP contribution < -0.4 is 10.7 Å². The molecule has 0 bridgehead atoms. The van der Waals surface area contributed by atoms with E-state index in [0.29, 0.717) is 16.9 Å². The van der Waals surface area contributed by atoms with Gasteiger partial charge in [-0.2, -0.15) is 5.10 Å². The highest BCUT2D eigenvalue weighted by Gasteiger charge is 2.57. The molecule has 1 atom stereocenters. The number of carbonyl (C=O) groups is 1. The summed E-state index contributed by atoms with van der Waals surface area (Å²) < 4.78 is 40.9. The molecule has 1 heterocycles. The Morgan fingerprint density at radius 1 is 1.14 bits per heavy atom. The maximum atomic E-state index is 13.3. The highest BCUT2D eigenvalue weighted by Crippen LogP contribution is 2.55. The molecule has 8 heteroatoms. The van der Waals surface area contributed by atoms with Crippen molar-refractivity contribution in [3.8, 4) is 5.69 Å². The van der Waals surface area contributed by atoms with Gasteiger partial charge in [0.1, 0.15) is 5.82 Å². The third-order valence-electron chi connectivity index (χ3n) is 4.49. The number of amides is 1. The molecular weight excluding hydrogens is 371 g/mol. The maximum absolute atomic E-state index is 13.3. The molecule has 1 N–H and O–H groups in total. The van der Waals surface area contributed by atoms with E-state index in [-0.39, 0.29) is 12.1 Å². The summed E-state index contributed by atoms with van der Waals surface area (Å²) >= 11 is 0. The lowest BCUT2D eigenvalue weighted by molar-refractivity contribution is 0.101. The third-order valence-corrected chi connectivity index (χ3v) is 4.49. The minimum atomic E-state index is -2.72. The SMILES string of the molecule is O=C(Nc1cccc(C2CC2(F)F)c1)c1nn(-c2ccc(F)cc2)ccc1=O. The molecule has 2 aromatic carbocycles. The molecule has 1 aliphatic carbocycles. The Kier molecular flexibility index (Phi) is 4.26. The van der Waals surface area contributed by atoms with Gasteiger partial charge in [0.25, 0.3) is 11.8 Å². The van der Waals surface area contributed by atoms with Gasteiger partial charge in [-0.1, -0.05) is 12.1 Å². The van der Waals surface area contributed by atoms with Crippen molar-refractivity contribution in [2.24, 2.45) is 0 Å². The second-order valence-corrected chi connectivity index (χ2v) is 6.55. The van der Waals surface area contributed by atoms with E-state index in [2.05, 4.69) is 10.4 Å². The molecule has 28 heavy (non-hydrogen) atoms. The van der Waals surface area contributed by atoms with Crippen molar-refractivity contribution in [1.82, 2.24) is 9.78 Å². The molecule has 5 nitrogen and oxygen atoms in total. The van der Waals surface area contributed by atoms with Crippen molar-refractivity contribution in [2.75, 3.05) is 5.32 Å². The second kappa shape index (κ2) is 6.63. The normalized spacial score (nSPS) is 17.2. The summed E-state index contributed by atoms with van der Waals surface area (Å²) in [6.07, 6.45) is 1.15. The Labute approximate surface area is 157 Å². The van der Waals surface area contributed by atoms with Crippen LogP contribution in [0.25, 0.3) is 5.69 Å². The van der Waals surface area contributed by atoms with Crippen LogP contribution in [0.15, 0.2) is 65.6 Å². The van der Waals surface area contributed by atoms with Gasteiger partial charge in [-0.25, -0.2) is 17.9 Å². The molecule has 1 saturated carbocycles. The Bertz CT molecular complexity index is 1110. The number of nitrogens with one attached hydrogen (secondary N) is 1. The fourth-order valence-corrected chi connectivity index (χ4v) is 2.90. The molecule has 0 spiro atoms. The quantitative estimate of drug-likeness (QED) is 0.744. The van der Waals surface area contributed by atoms with Gasteiger partial charge >= 0.3 is 0 Å². The molecule has 0 aliphatic heterocycles. The van der Waals surface area contributed by atoms with Gasteiger partial charge in [-0.05, 0) is 42.0 Å². The molecule has 1 fully saturated rings. The van der Waals surface area contributed by atoms with E-state index >= 15 is 0 Å². The van der Waals surface area contributed by atoms with E-state index in [4.69, 9.17) is 0 Å². The monoisotopic (exact) mass is 385 g/mol. The molecule has 3 aromatic rings. The number of benzene rings is 2. The van der Waals surface area contributed by atoms with Crippen molar-refractivity contribution < 1.29 is 18.0 Å². The summed E-state index contributed by atoms with van der Waals surface area (Å²) in [5.74, 6) is -4.76. The smallest absolute Gasteiger partial charge is 0.280 e. The molecule has 1 unspecified atom stereocenters. The van der Waals surface area contributed by atoms with Gasteiger partial charge in [0.2, 0.25) is 5.43 Å².